The van der Waals surface area contributed by atoms with Crippen molar-refractivity contribution in [2.24, 2.45) is 11.8 Å². The van der Waals surface area contributed by atoms with E-state index in [9.17, 15) is 0 Å². The lowest BCUT2D eigenvalue weighted by Gasteiger charge is -2.30. The number of hydrazine groups is 1. The fraction of sp³-hybridized carbons (Fsp3) is 0.833. The predicted octanol–water partition coefficient (Wildman–Crippen LogP) is 1.33. The second-order valence-electron chi connectivity index (χ2n) is 4.50. The Bertz CT molecular complexity index is 251. The third-order valence-electron chi connectivity index (χ3n) is 3.22. The van der Waals surface area contributed by atoms with Crippen molar-refractivity contribution in [2.75, 3.05) is 13.2 Å². The molecule has 2 rings (SSSR count). The second-order valence-corrected chi connectivity index (χ2v) is 4.50. The molecule has 1 aliphatic heterocycles. The molecule has 1 saturated carbocycles. The minimum atomic E-state index is 0.0211. The highest BCUT2D eigenvalue weighted by Crippen LogP contribution is 2.37. The van der Waals surface area contributed by atoms with E-state index in [0.29, 0.717) is 5.92 Å². The summed E-state index contributed by atoms with van der Waals surface area (Å²) in [6.07, 6.45) is 6.98. The van der Waals surface area contributed by atoms with Gasteiger partial charge >= 0.3 is 0 Å². The van der Waals surface area contributed by atoms with Crippen LogP contribution in [0.2, 0.25) is 0 Å². The highest BCUT2D eigenvalue weighted by atomic mass is 16.5. The van der Waals surface area contributed by atoms with E-state index in [-0.39, 0.29) is 12.1 Å². The van der Waals surface area contributed by atoms with Crippen LogP contribution in [-0.2, 0) is 9.47 Å². The van der Waals surface area contributed by atoms with E-state index in [1.165, 1.54) is 12.8 Å². The normalized spacial score (nSPS) is 24.5. The predicted molar refractivity (Wildman–Crippen MR) is 62.5 cm³/mol. The van der Waals surface area contributed by atoms with Crippen LogP contribution in [0.4, 0.5) is 0 Å². The summed E-state index contributed by atoms with van der Waals surface area (Å²) in [6, 6.07) is 0.0211. The van der Waals surface area contributed by atoms with E-state index in [1.807, 2.05) is 6.92 Å². The van der Waals surface area contributed by atoms with Crippen molar-refractivity contribution < 1.29 is 9.47 Å². The summed E-state index contributed by atoms with van der Waals surface area (Å²) in [6.45, 7) is 3.55. The minimum Gasteiger partial charge on any atom is -0.496 e. The maximum atomic E-state index is 5.81. The lowest BCUT2D eigenvalue weighted by Crippen LogP contribution is -2.48. The third kappa shape index (κ3) is 2.75. The van der Waals surface area contributed by atoms with Gasteiger partial charge in [-0.25, -0.2) is 5.43 Å². The molecule has 0 amide bonds. The van der Waals surface area contributed by atoms with Crippen LogP contribution in [0.1, 0.15) is 32.6 Å². The topological polar surface area (TPSA) is 56.5 Å². The van der Waals surface area contributed by atoms with Crippen molar-refractivity contribution in [3.8, 4) is 0 Å². The van der Waals surface area contributed by atoms with Gasteiger partial charge in [-0.2, -0.15) is 0 Å². The monoisotopic (exact) mass is 226 g/mol. The van der Waals surface area contributed by atoms with Crippen LogP contribution in [0.5, 0.6) is 0 Å². The van der Waals surface area contributed by atoms with Gasteiger partial charge in [0.25, 0.3) is 0 Å². The molecule has 92 valence electrons. The molecule has 2 aliphatic rings. The van der Waals surface area contributed by atoms with Gasteiger partial charge in [-0.15, -0.1) is 0 Å². The molecule has 0 radical (unpaired) electrons. The van der Waals surface area contributed by atoms with Gasteiger partial charge in [-0.05, 0) is 44.6 Å². The smallest absolute Gasteiger partial charge is 0.113 e. The molecule has 3 N–H and O–H groups in total. The zero-order chi connectivity index (χ0) is 11.4. The number of allylic oxidation sites excluding steroid dienone is 1. The van der Waals surface area contributed by atoms with E-state index >= 15 is 0 Å². The first-order chi connectivity index (χ1) is 7.86. The highest BCUT2D eigenvalue weighted by Gasteiger charge is 2.39. The Kier molecular flexibility index (Phi) is 4.21. The molecule has 2 atom stereocenters. The van der Waals surface area contributed by atoms with Gasteiger partial charge in [0.1, 0.15) is 11.8 Å². The molecule has 0 spiro atoms. The summed E-state index contributed by atoms with van der Waals surface area (Å²) in [5.74, 6) is 7.27. The third-order valence-corrected chi connectivity index (χ3v) is 3.22. The average Bonchev–Trinajstić information content (AvgIpc) is 3.14. The van der Waals surface area contributed by atoms with E-state index in [0.717, 1.165) is 31.8 Å². The quantitative estimate of drug-likeness (QED) is 0.530. The molecule has 4 nitrogen and oxygen atoms in total. The fourth-order valence-corrected chi connectivity index (χ4v) is 2.25. The summed E-state index contributed by atoms with van der Waals surface area (Å²) < 4.78 is 11.5. The second kappa shape index (κ2) is 5.66. The number of hydrogen-bond acceptors (Lipinski definition) is 4. The maximum Gasteiger partial charge on any atom is 0.113 e. The Labute approximate surface area is 97.1 Å². The molecule has 4 heteroatoms. The molecule has 1 heterocycles. The van der Waals surface area contributed by atoms with Crippen LogP contribution in [-0.4, -0.2) is 25.4 Å². The first kappa shape index (κ1) is 11.9. The zero-order valence-electron chi connectivity index (χ0n) is 9.95. The Hall–Kier alpha value is -0.580. The van der Waals surface area contributed by atoms with Crippen LogP contribution in [0, 0.1) is 5.92 Å². The molecule has 1 fully saturated rings. The number of hydrogen-bond donors (Lipinski definition) is 2. The Balaban J connectivity index is 2.02. The van der Waals surface area contributed by atoms with Crippen molar-refractivity contribution in [1.82, 2.24) is 5.43 Å². The van der Waals surface area contributed by atoms with Gasteiger partial charge in [0.05, 0.1) is 12.7 Å². The molecule has 0 aromatic rings. The van der Waals surface area contributed by atoms with Gasteiger partial charge < -0.3 is 9.47 Å². The summed E-state index contributed by atoms with van der Waals surface area (Å²) in [5.41, 5.74) is 2.86. The first-order valence-corrected chi connectivity index (χ1v) is 6.27. The van der Waals surface area contributed by atoms with E-state index in [2.05, 4.69) is 11.5 Å². The van der Waals surface area contributed by atoms with Crippen LogP contribution in [0.25, 0.3) is 0 Å². The molecule has 0 saturated heterocycles. The SMILES string of the molecule is CCOC(C1CC1)C(NN)C1=CCCCO1. The lowest BCUT2D eigenvalue weighted by atomic mass is 10.0. The molecule has 1 aliphatic carbocycles. The average molecular weight is 226 g/mol. The first-order valence-electron chi connectivity index (χ1n) is 6.27. The summed E-state index contributed by atoms with van der Waals surface area (Å²) in [7, 11) is 0. The highest BCUT2D eigenvalue weighted by molar-refractivity contribution is 5.10. The van der Waals surface area contributed by atoms with E-state index in [4.69, 9.17) is 15.3 Å². The van der Waals surface area contributed by atoms with Crippen molar-refractivity contribution in [3.63, 3.8) is 0 Å². The van der Waals surface area contributed by atoms with Crippen LogP contribution in [0.3, 0.4) is 0 Å². The van der Waals surface area contributed by atoms with E-state index < -0.39 is 0 Å². The van der Waals surface area contributed by atoms with Crippen molar-refractivity contribution in [1.29, 1.82) is 0 Å². The van der Waals surface area contributed by atoms with Gasteiger partial charge in [0.2, 0.25) is 0 Å². The fourth-order valence-electron chi connectivity index (χ4n) is 2.25. The Morgan fingerprint density at radius 3 is 2.94 bits per heavy atom. The van der Waals surface area contributed by atoms with Crippen LogP contribution >= 0.6 is 0 Å². The van der Waals surface area contributed by atoms with E-state index in [1.54, 1.807) is 0 Å². The van der Waals surface area contributed by atoms with Crippen molar-refractivity contribution in [3.05, 3.63) is 11.8 Å². The van der Waals surface area contributed by atoms with Gasteiger partial charge in [-0.3, -0.25) is 5.84 Å². The molecular formula is C12H22N2O2. The maximum absolute atomic E-state index is 5.81. The Morgan fingerprint density at radius 2 is 2.44 bits per heavy atom. The van der Waals surface area contributed by atoms with Gasteiger partial charge in [0.15, 0.2) is 0 Å². The minimum absolute atomic E-state index is 0.0211. The number of nitrogens with one attached hydrogen (secondary N) is 1. The van der Waals surface area contributed by atoms with Crippen LogP contribution in [0.15, 0.2) is 11.8 Å². The largest absolute Gasteiger partial charge is 0.496 e. The summed E-state index contributed by atoms with van der Waals surface area (Å²) in [4.78, 5) is 0. The van der Waals surface area contributed by atoms with Gasteiger partial charge in [-0.1, -0.05) is 0 Å². The molecule has 16 heavy (non-hydrogen) atoms. The molecule has 2 unspecified atom stereocenters. The lowest BCUT2D eigenvalue weighted by molar-refractivity contribution is 0.00938. The Morgan fingerprint density at radius 1 is 1.62 bits per heavy atom. The van der Waals surface area contributed by atoms with Crippen molar-refractivity contribution >= 4 is 0 Å². The number of rotatable bonds is 6. The zero-order valence-corrected chi connectivity index (χ0v) is 9.95. The molecule has 0 aromatic heterocycles. The van der Waals surface area contributed by atoms with Crippen molar-refractivity contribution in [2.45, 2.75) is 44.8 Å². The van der Waals surface area contributed by atoms with Crippen LogP contribution < -0.4 is 11.3 Å². The molecule has 0 aromatic carbocycles. The summed E-state index contributed by atoms with van der Waals surface area (Å²) in [5, 5.41) is 0. The standard InChI is InChI=1S/C12H22N2O2/c1-2-15-12(9-6-7-9)11(14-13)10-5-3-4-8-16-10/h5,9,11-12,14H,2-4,6-8,13H2,1H3. The van der Waals surface area contributed by atoms with Gasteiger partial charge in [0, 0.05) is 6.61 Å². The summed E-state index contributed by atoms with van der Waals surface area (Å²) >= 11 is 0. The molecular weight excluding hydrogens is 204 g/mol. The molecule has 0 bridgehead atoms. The number of ether oxygens (including phenoxy) is 2. The number of nitrogens with two attached hydrogens (primary N) is 1.